The number of nitro groups is 1. The predicted molar refractivity (Wildman–Crippen MR) is 76.3 cm³/mol. The van der Waals surface area contributed by atoms with Crippen LogP contribution in [-0.2, 0) is 10.0 Å². The molecule has 7 nitrogen and oxygen atoms in total. The van der Waals surface area contributed by atoms with Crippen molar-refractivity contribution in [2.24, 2.45) is 0 Å². The number of sulfonamides is 1. The van der Waals surface area contributed by atoms with Gasteiger partial charge in [-0.05, 0) is 18.9 Å². The Hall–Kier alpha value is -1.51. The minimum Gasteiger partial charge on any atom is -0.391 e. The topological polar surface area (TPSA) is 110 Å². The Kier molecular flexibility index (Phi) is 4.92. The summed E-state index contributed by atoms with van der Waals surface area (Å²) in [7, 11) is -3.88. The van der Waals surface area contributed by atoms with Gasteiger partial charge in [-0.2, -0.15) is 0 Å². The van der Waals surface area contributed by atoms with Crippen LogP contribution in [-0.4, -0.2) is 30.6 Å². The van der Waals surface area contributed by atoms with E-state index in [1.165, 1.54) is 18.2 Å². The fourth-order valence-electron chi connectivity index (χ4n) is 2.46. The highest BCUT2D eigenvalue weighted by Gasteiger charge is 2.27. The van der Waals surface area contributed by atoms with E-state index in [-0.39, 0.29) is 10.6 Å². The van der Waals surface area contributed by atoms with Gasteiger partial charge in [-0.15, -0.1) is 0 Å². The van der Waals surface area contributed by atoms with Crippen molar-refractivity contribution in [1.29, 1.82) is 0 Å². The van der Waals surface area contributed by atoms with E-state index >= 15 is 0 Å². The van der Waals surface area contributed by atoms with Crippen LogP contribution in [0, 0.1) is 10.1 Å². The number of aliphatic hydroxyl groups is 1. The van der Waals surface area contributed by atoms with Crippen LogP contribution < -0.4 is 4.72 Å². The van der Waals surface area contributed by atoms with E-state index in [0.717, 1.165) is 25.3 Å². The molecule has 0 radical (unpaired) electrons. The van der Waals surface area contributed by atoms with E-state index < -0.39 is 27.1 Å². The molecule has 1 aromatic rings. The Labute approximate surface area is 123 Å². The second-order valence-corrected chi connectivity index (χ2v) is 6.90. The molecule has 0 bridgehead atoms. The van der Waals surface area contributed by atoms with E-state index in [4.69, 9.17) is 0 Å². The van der Waals surface area contributed by atoms with Crippen molar-refractivity contribution in [2.75, 3.05) is 0 Å². The van der Waals surface area contributed by atoms with Gasteiger partial charge in [0.15, 0.2) is 0 Å². The molecule has 1 fully saturated rings. The molecule has 2 unspecified atom stereocenters. The lowest BCUT2D eigenvalue weighted by Gasteiger charge is -2.21. The molecule has 2 N–H and O–H groups in total. The molecule has 0 aromatic heterocycles. The monoisotopic (exact) mass is 314 g/mol. The van der Waals surface area contributed by atoms with E-state index in [9.17, 15) is 23.6 Å². The molecule has 21 heavy (non-hydrogen) atoms. The maximum atomic E-state index is 12.3. The Bertz CT molecular complexity index is 617. The van der Waals surface area contributed by atoms with Crippen LogP contribution in [0.1, 0.15) is 32.1 Å². The number of hydrogen-bond acceptors (Lipinski definition) is 5. The smallest absolute Gasteiger partial charge is 0.270 e. The van der Waals surface area contributed by atoms with Crippen molar-refractivity contribution in [3.8, 4) is 0 Å². The second kappa shape index (κ2) is 6.50. The third-order valence-corrected chi connectivity index (χ3v) is 5.11. The van der Waals surface area contributed by atoms with Gasteiger partial charge in [-0.1, -0.05) is 25.3 Å². The molecule has 2 rings (SSSR count). The zero-order valence-electron chi connectivity index (χ0n) is 11.4. The normalized spacial score (nSPS) is 23.5. The van der Waals surface area contributed by atoms with Gasteiger partial charge in [0.1, 0.15) is 0 Å². The van der Waals surface area contributed by atoms with E-state index in [2.05, 4.69) is 4.72 Å². The summed E-state index contributed by atoms with van der Waals surface area (Å²) in [5.41, 5.74) is -0.278. The predicted octanol–water partition coefficient (Wildman–Crippen LogP) is 1.57. The van der Waals surface area contributed by atoms with Crippen molar-refractivity contribution in [2.45, 2.75) is 49.1 Å². The largest absolute Gasteiger partial charge is 0.391 e. The summed E-state index contributed by atoms with van der Waals surface area (Å²) in [6.07, 6.45) is 3.08. The lowest BCUT2D eigenvalue weighted by molar-refractivity contribution is -0.385. The quantitative estimate of drug-likeness (QED) is 0.498. The molecule has 0 saturated heterocycles. The third-order valence-electron chi connectivity index (χ3n) is 3.62. The minimum absolute atomic E-state index is 0.159. The Morgan fingerprint density at radius 3 is 2.67 bits per heavy atom. The van der Waals surface area contributed by atoms with Crippen molar-refractivity contribution in [3.63, 3.8) is 0 Å². The summed E-state index contributed by atoms with van der Waals surface area (Å²) in [4.78, 5) is 9.92. The number of nitrogens with one attached hydrogen (secondary N) is 1. The second-order valence-electron chi connectivity index (χ2n) is 5.19. The molecule has 1 aliphatic carbocycles. The van der Waals surface area contributed by atoms with Gasteiger partial charge in [-0.3, -0.25) is 10.1 Å². The van der Waals surface area contributed by atoms with Gasteiger partial charge in [0.25, 0.3) is 5.69 Å². The van der Waals surface area contributed by atoms with Crippen molar-refractivity contribution in [1.82, 2.24) is 4.72 Å². The van der Waals surface area contributed by atoms with Gasteiger partial charge in [0, 0.05) is 18.2 Å². The molecule has 0 aliphatic heterocycles. The van der Waals surface area contributed by atoms with Crippen LogP contribution in [0.5, 0.6) is 0 Å². The van der Waals surface area contributed by atoms with Gasteiger partial charge in [-0.25, -0.2) is 13.1 Å². The van der Waals surface area contributed by atoms with Crippen molar-refractivity contribution < 1.29 is 18.4 Å². The molecule has 1 saturated carbocycles. The SMILES string of the molecule is O=[N+]([O-])c1cccc(S(=O)(=O)NC2CCCCCC2O)c1. The molecule has 0 heterocycles. The number of aliphatic hydroxyl groups excluding tert-OH is 1. The van der Waals surface area contributed by atoms with Crippen LogP contribution in [0.3, 0.4) is 0 Å². The summed E-state index contributed by atoms with van der Waals surface area (Å²) in [5, 5.41) is 20.7. The molecule has 0 amide bonds. The van der Waals surface area contributed by atoms with Gasteiger partial charge in [0.2, 0.25) is 10.0 Å². The lowest BCUT2D eigenvalue weighted by Crippen LogP contribution is -2.42. The zero-order chi connectivity index (χ0) is 15.5. The molecule has 2 atom stereocenters. The fraction of sp³-hybridized carbons (Fsp3) is 0.538. The molecular formula is C13H18N2O5S. The van der Waals surface area contributed by atoms with Crippen LogP contribution in [0.25, 0.3) is 0 Å². The standard InChI is InChI=1S/C13H18N2O5S/c16-13-8-3-1-2-7-12(13)14-21(19,20)11-6-4-5-10(9-11)15(17)18/h4-6,9,12-14,16H,1-3,7-8H2. The maximum absolute atomic E-state index is 12.3. The summed E-state index contributed by atoms with van der Waals surface area (Å²) >= 11 is 0. The summed E-state index contributed by atoms with van der Waals surface area (Å²) in [6.45, 7) is 0. The van der Waals surface area contributed by atoms with Crippen LogP contribution >= 0.6 is 0 Å². The average Bonchev–Trinajstić information content (AvgIpc) is 2.64. The number of rotatable bonds is 4. The van der Waals surface area contributed by atoms with Crippen molar-refractivity contribution >= 4 is 15.7 Å². The molecule has 8 heteroatoms. The molecular weight excluding hydrogens is 296 g/mol. The highest BCUT2D eigenvalue weighted by Crippen LogP contribution is 2.22. The zero-order valence-corrected chi connectivity index (χ0v) is 12.3. The molecule has 0 spiro atoms. The van der Waals surface area contributed by atoms with E-state index in [1.807, 2.05) is 0 Å². The van der Waals surface area contributed by atoms with Gasteiger partial charge in [0.05, 0.1) is 15.9 Å². The summed E-state index contributed by atoms with van der Waals surface area (Å²) in [5.74, 6) is 0. The molecule has 1 aromatic carbocycles. The highest BCUT2D eigenvalue weighted by molar-refractivity contribution is 7.89. The lowest BCUT2D eigenvalue weighted by atomic mass is 10.1. The first-order valence-corrected chi connectivity index (χ1v) is 8.33. The first-order valence-electron chi connectivity index (χ1n) is 6.85. The third kappa shape index (κ3) is 3.99. The summed E-state index contributed by atoms with van der Waals surface area (Å²) < 4.78 is 27.0. The number of nitrogens with zero attached hydrogens (tertiary/aromatic N) is 1. The number of non-ortho nitro benzene ring substituents is 1. The van der Waals surface area contributed by atoms with E-state index in [1.54, 1.807) is 0 Å². The Morgan fingerprint density at radius 2 is 1.95 bits per heavy atom. The van der Waals surface area contributed by atoms with Crippen molar-refractivity contribution in [3.05, 3.63) is 34.4 Å². The Morgan fingerprint density at radius 1 is 1.24 bits per heavy atom. The number of hydrogen-bond donors (Lipinski definition) is 2. The first-order chi connectivity index (χ1) is 9.90. The Balaban J connectivity index is 2.21. The summed E-state index contributed by atoms with van der Waals surface area (Å²) in [6, 6.07) is 4.34. The highest BCUT2D eigenvalue weighted by atomic mass is 32.2. The minimum atomic E-state index is -3.88. The first kappa shape index (κ1) is 15.9. The number of nitro benzene ring substituents is 1. The number of benzene rings is 1. The molecule has 1 aliphatic rings. The maximum Gasteiger partial charge on any atom is 0.270 e. The molecule has 116 valence electrons. The average molecular weight is 314 g/mol. The van der Waals surface area contributed by atoms with Crippen LogP contribution in [0.15, 0.2) is 29.2 Å². The fourth-order valence-corrected chi connectivity index (χ4v) is 3.80. The van der Waals surface area contributed by atoms with Crippen LogP contribution in [0.4, 0.5) is 5.69 Å². The van der Waals surface area contributed by atoms with Gasteiger partial charge < -0.3 is 5.11 Å². The van der Waals surface area contributed by atoms with Gasteiger partial charge >= 0.3 is 0 Å². The van der Waals surface area contributed by atoms with E-state index in [0.29, 0.717) is 12.8 Å². The van der Waals surface area contributed by atoms with Crippen LogP contribution in [0.2, 0.25) is 0 Å².